The van der Waals surface area contributed by atoms with Gasteiger partial charge in [-0.3, -0.25) is 0 Å². The van der Waals surface area contributed by atoms with Crippen LogP contribution >= 0.6 is 9.24 Å². The van der Waals surface area contributed by atoms with Crippen molar-refractivity contribution in [1.29, 1.82) is 0 Å². The van der Waals surface area contributed by atoms with Gasteiger partial charge < -0.3 is 0 Å². The van der Waals surface area contributed by atoms with Gasteiger partial charge in [0.05, 0.1) is 0 Å². The fourth-order valence-corrected chi connectivity index (χ4v) is 3.68. The number of fused-ring (bicyclic) bond motifs is 2. The summed E-state index contributed by atoms with van der Waals surface area (Å²) in [6.45, 7) is 2.20. The quantitative estimate of drug-likeness (QED) is 0.384. The molecule has 4 rings (SSSR count). The Labute approximate surface area is 205 Å². The minimum absolute atomic E-state index is 0. The zero-order valence-electron chi connectivity index (χ0n) is 13.2. The Morgan fingerprint density at radius 3 is 1.71 bits per heavy atom. The standard InChI is InChI=1S/C21H17P.2Ar/c1-14-10-11-15-6-2-4-8-17(15)20(14)21-18-9-5-3-7-16(18)12-13-19(21)22;;/h2-13H,22H2,1H3;;. The molecule has 3 heteroatoms. The second kappa shape index (κ2) is 8.83. The van der Waals surface area contributed by atoms with E-state index in [1.54, 1.807) is 0 Å². The maximum Gasteiger partial charge on any atom is 0 e. The Morgan fingerprint density at radius 1 is 0.583 bits per heavy atom. The Bertz CT molecular complexity index is 926. The molecular formula is C21H17Ar2P. The molecule has 0 aromatic heterocycles. The van der Waals surface area contributed by atoms with E-state index in [1.165, 1.54) is 43.5 Å². The number of hydrogen-bond donors (Lipinski definition) is 0. The number of aryl methyl sites for hydroxylation is 1. The molecule has 122 valence electrons. The molecule has 0 bridgehead atoms. The summed E-state index contributed by atoms with van der Waals surface area (Å²) in [6, 6.07) is 26.1. The molecule has 0 nitrogen and oxygen atoms in total. The normalized spacial score (nSPS) is 10.2. The van der Waals surface area contributed by atoms with E-state index in [-0.39, 0.29) is 75.5 Å². The third kappa shape index (κ3) is 3.72. The first-order valence-electron chi connectivity index (χ1n) is 7.51. The Hall–Kier alpha value is 0.349. The van der Waals surface area contributed by atoms with Crippen molar-refractivity contribution in [2.24, 2.45) is 0 Å². The number of rotatable bonds is 1. The van der Waals surface area contributed by atoms with Crippen molar-refractivity contribution in [3.05, 3.63) is 78.4 Å². The number of benzene rings is 4. The molecule has 0 saturated heterocycles. The Morgan fingerprint density at radius 2 is 1.08 bits per heavy atom. The van der Waals surface area contributed by atoms with Crippen molar-refractivity contribution in [3.63, 3.8) is 0 Å². The van der Waals surface area contributed by atoms with Crippen LogP contribution in [0.1, 0.15) is 5.56 Å². The second-order valence-corrected chi connectivity index (χ2v) is 6.35. The van der Waals surface area contributed by atoms with Gasteiger partial charge in [0.25, 0.3) is 0 Å². The molecule has 1 unspecified atom stereocenters. The average Bonchev–Trinajstić information content (AvgIpc) is 2.56. The van der Waals surface area contributed by atoms with Crippen molar-refractivity contribution in [1.82, 2.24) is 0 Å². The van der Waals surface area contributed by atoms with Gasteiger partial charge in [0.15, 0.2) is 0 Å². The van der Waals surface area contributed by atoms with Gasteiger partial charge in [-0.05, 0) is 50.5 Å². The molecule has 0 aliphatic rings. The molecule has 24 heavy (non-hydrogen) atoms. The SMILES string of the molecule is Cc1ccc2ccccc2c1-c1c(P)ccc2ccccc12.[Ar].[Ar]. The van der Waals surface area contributed by atoms with Crippen LogP contribution in [-0.2, 0) is 0 Å². The first-order valence-corrected chi connectivity index (χ1v) is 8.09. The van der Waals surface area contributed by atoms with E-state index in [4.69, 9.17) is 0 Å². The van der Waals surface area contributed by atoms with E-state index in [1.807, 2.05) is 0 Å². The third-order valence-electron chi connectivity index (χ3n) is 4.35. The second-order valence-electron chi connectivity index (χ2n) is 5.73. The minimum Gasteiger partial charge on any atom is -0.105 e. The van der Waals surface area contributed by atoms with Gasteiger partial charge in [0, 0.05) is 75.5 Å². The maximum atomic E-state index is 2.91. The van der Waals surface area contributed by atoms with Gasteiger partial charge in [-0.1, -0.05) is 72.8 Å². The summed E-state index contributed by atoms with van der Waals surface area (Å²) in [7, 11) is 2.91. The third-order valence-corrected chi connectivity index (χ3v) is 4.83. The van der Waals surface area contributed by atoms with Crippen molar-refractivity contribution in [2.75, 3.05) is 0 Å². The molecule has 0 radical (unpaired) electrons. The topological polar surface area (TPSA) is 0 Å². The van der Waals surface area contributed by atoms with Crippen molar-refractivity contribution in [2.45, 2.75) is 6.92 Å². The molecule has 0 heterocycles. The van der Waals surface area contributed by atoms with Crippen LogP contribution in [0.4, 0.5) is 0 Å². The zero-order valence-corrected chi connectivity index (χ0v) is 15.8. The van der Waals surface area contributed by atoms with Crippen LogP contribution < -0.4 is 5.30 Å². The van der Waals surface area contributed by atoms with Gasteiger partial charge >= 0.3 is 0 Å². The summed E-state index contributed by atoms with van der Waals surface area (Å²) in [5.74, 6) is 0. The molecule has 0 amide bonds. The van der Waals surface area contributed by atoms with Gasteiger partial charge in [0.1, 0.15) is 0 Å². The van der Waals surface area contributed by atoms with Crippen LogP contribution in [0.15, 0.2) is 72.8 Å². The van der Waals surface area contributed by atoms with Crippen LogP contribution in [0.25, 0.3) is 32.7 Å². The summed E-state index contributed by atoms with van der Waals surface area (Å²) in [5.41, 5.74) is 4.00. The van der Waals surface area contributed by atoms with Crippen molar-refractivity contribution < 1.29 is 75.5 Å². The van der Waals surface area contributed by atoms with E-state index >= 15 is 0 Å². The molecule has 0 spiro atoms. The molecule has 0 N–H and O–H groups in total. The first kappa shape index (κ1) is 20.7. The van der Waals surface area contributed by atoms with E-state index in [0.717, 1.165) is 0 Å². The van der Waals surface area contributed by atoms with Crippen LogP contribution in [-0.4, -0.2) is 0 Å². The Balaban J connectivity index is 0.00000104. The van der Waals surface area contributed by atoms with E-state index < -0.39 is 0 Å². The van der Waals surface area contributed by atoms with Crippen LogP contribution in [0.5, 0.6) is 0 Å². The van der Waals surface area contributed by atoms with Crippen molar-refractivity contribution >= 4 is 36.1 Å². The monoisotopic (exact) mass is 380 g/mol. The summed E-state index contributed by atoms with van der Waals surface area (Å²) >= 11 is 0. The van der Waals surface area contributed by atoms with Gasteiger partial charge in [-0.25, -0.2) is 0 Å². The summed E-state index contributed by atoms with van der Waals surface area (Å²) in [5, 5.41) is 6.46. The molecule has 4 aromatic carbocycles. The van der Waals surface area contributed by atoms with E-state index in [9.17, 15) is 0 Å². The van der Waals surface area contributed by atoms with Gasteiger partial charge in [-0.2, -0.15) is 0 Å². The van der Waals surface area contributed by atoms with Crippen molar-refractivity contribution in [3.8, 4) is 11.1 Å². The Kier molecular flexibility index (Phi) is 7.60. The predicted molar refractivity (Wildman–Crippen MR) is 101 cm³/mol. The molecule has 0 saturated carbocycles. The first-order chi connectivity index (χ1) is 10.8. The fraction of sp³-hybridized carbons (Fsp3) is 0.0476. The summed E-state index contributed by atoms with van der Waals surface area (Å²) in [6.07, 6.45) is 0. The smallest absolute Gasteiger partial charge is 0 e. The fourth-order valence-electron chi connectivity index (χ4n) is 3.28. The molecule has 0 fully saturated rings. The summed E-state index contributed by atoms with van der Waals surface area (Å²) in [4.78, 5) is 0. The van der Waals surface area contributed by atoms with Crippen LogP contribution in [0.2, 0.25) is 0 Å². The largest absolute Gasteiger partial charge is 0.105 e. The molecule has 4 aromatic rings. The molecule has 0 aliphatic heterocycles. The van der Waals surface area contributed by atoms with Gasteiger partial charge in [-0.15, -0.1) is 9.24 Å². The molecule has 0 aliphatic carbocycles. The average molecular weight is 380 g/mol. The van der Waals surface area contributed by atoms with Crippen LogP contribution in [0.3, 0.4) is 0 Å². The molecule has 1 atom stereocenters. The maximum absolute atomic E-state index is 2.91. The minimum atomic E-state index is 0. The number of hydrogen-bond acceptors (Lipinski definition) is 0. The predicted octanol–water partition coefficient (Wildman–Crippen LogP) is 5.47. The molecular weight excluding hydrogens is 363 g/mol. The van der Waals surface area contributed by atoms with Gasteiger partial charge in [0.2, 0.25) is 0 Å². The van der Waals surface area contributed by atoms with Crippen LogP contribution in [0, 0.1) is 82.4 Å². The summed E-state index contributed by atoms with van der Waals surface area (Å²) < 4.78 is 0. The zero-order chi connectivity index (χ0) is 15.1. The van der Waals surface area contributed by atoms with E-state index in [2.05, 4.69) is 89.0 Å². The van der Waals surface area contributed by atoms with E-state index in [0.29, 0.717) is 0 Å².